The molecule has 0 bridgehead atoms. The van der Waals surface area contributed by atoms with Crippen LogP contribution in [0.5, 0.6) is 0 Å². The monoisotopic (exact) mass is 436 g/mol. The Hall–Kier alpha value is -2.70. The Kier molecular flexibility index (Phi) is 6.68. The number of hydrogen-bond donors (Lipinski definition) is 1. The number of nitrogens with zero attached hydrogens (tertiary/aromatic N) is 1. The van der Waals surface area contributed by atoms with Gasteiger partial charge in [0.2, 0.25) is 15.9 Å². The van der Waals surface area contributed by atoms with Gasteiger partial charge >= 0.3 is 0 Å². The van der Waals surface area contributed by atoms with Crippen molar-refractivity contribution in [2.75, 3.05) is 24.2 Å². The molecule has 1 aliphatic heterocycles. The van der Waals surface area contributed by atoms with Crippen LogP contribution in [0.1, 0.15) is 24.8 Å². The molecule has 1 atom stereocenters. The maximum atomic E-state index is 13.0. The number of carbonyl (C=O) groups excluding carboxylic acids is 1. The highest BCUT2D eigenvalue weighted by Gasteiger charge is 2.32. The van der Waals surface area contributed by atoms with Gasteiger partial charge in [0.1, 0.15) is 0 Å². The fourth-order valence-corrected chi connectivity index (χ4v) is 5.79. The van der Waals surface area contributed by atoms with Gasteiger partial charge in [0.25, 0.3) is 0 Å². The van der Waals surface area contributed by atoms with Crippen LogP contribution in [0.25, 0.3) is 10.8 Å². The molecule has 0 spiro atoms. The molecule has 1 unspecified atom stereocenters. The first-order chi connectivity index (χ1) is 15.0. The van der Waals surface area contributed by atoms with Crippen LogP contribution in [-0.4, -0.2) is 37.5 Å². The van der Waals surface area contributed by atoms with Gasteiger partial charge in [-0.3, -0.25) is 4.79 Å². The summed E-state index contributed by atoms with van der Waals surface area (Å²) in [5.74, 6) is -0.336. The number of benzene rings is 3. The van der Waals surface area contributed by atoms with Crippen LogP contribution in [0.2, 0.25) is 0 Å². The van der Waals surface area contributed by atoms with Crippen molar-refractivity contribution in [3.63, 3.8) is 0 Å². The molecule has 1 heterocycles. The minimum absolute atomic E-state index is 0.111. The van der Waals surface area contributed by atoms with Crippen molar-refractivity contribution in [3.8, 4) is 0 Å². The lowest BCUT2D eigenvalue weighted by molar-refractivity contribution is -0.120. The molecule has 1 saturated heterocycles. The predicted molar refractivity (Wildman–Crippen MR) is 125 cm³/mol. The fourth-order valence-electron chi connectivity index (χ4n) is 4.21. The Morgan fingerprint density at radius 1 is 0.968 bits per heavy atom. The smallest absolute Gasteiger partial charge is 0.228 e. The fraction of sp³-hybridized carbons (Fsp3) is 0.320. The van der Waals surface area contributed by atoms with E-state index in [1.54, 1.807) is 0 Å². The zero-order valence-corrected chi connectivity index (χ0v) is 18.4. The highest BCUT2D eigenvalue weighted by molar-refractivity contribution is 7.89. The van der Waals surface area contributed by atoms with Crippen molar-refractivity contribution in [2.45, 2.75) is 25.7 Å². The standard InChI is InChI=1S/C25H28N2O3S/c28-25(26-24-16-6-13-21-12-4-5-15-23(21)24)22-14-7-17-27(19-22)31(29,30)18-8-11-20-9-2-1-3-10-20/h1-6,9-10,12-13,15-16,22H,7-8,11,14,17-19H2,(H,26,28). The van der Waals surface area contributed by atoms with E-state index < -0.39 is 10.0 Å². The summed E-state index contributed by atoms with van der Waals surface area (Å²) >= 11 is 0. The van der Waals surface area contributed by atoms with Gasteiger partial charge in [-0.2, -0.15) is 0 Å². The quantitative estimate of drug-likeness (QED) is 0.595. The van der Waals surface area contributed by atoms with Crippen molar-refractivity contribution in [1.82, 2.24) is 4.31 Å². The third-order valence-electron chi connectivity index (χ3n) is 5.91. The van der Waals surface area contributed by atoms with E-state index >= 15 is 0 Å². The largest absolute Gasteiger partial charge is 0.325 e. The van der Waals surface area contributed by atoms with Crippen LogP contribution >= 0.6 is 0 Å². The number of anilines is 1. The summed E-state index contributed by atoms with van der Waals surface area (Å²) in [6, 6.07) is 23.6. The molecule has 1 N–H and O–H groups in total. The SMILES string of the molecule is O=C(Nc1cccc2ccccc12)C1CCCN(S(=O)(=O)CCCc2ccccc2)C1. The van der Waals surface area contributed by atoms with Crippen molar-refractivity contribution in [3.05, 3.63) is 78.4 Å². The van der Waals surface area contributed by atoms with Gasteiger partial charge < -0.3 is 5.32 Å². The molecule has 6 heteroatoms. The van der Waals surface area contributed by atoms with Crippen LogP contribution in [0.4, 0.5) is 5.69 Å². The number of amides is 1. The van der Waals surface area contributed by atoms with Gasteiger partial charge in [0.15, 0.2) is 0 Å². The summed E-state index contributed by atoms with van der Waals surface area (Å²) in [5, 5.41) is 5.08. The molecule has 1 fully saturated rings. The normalized spacial score (nSPS) is 17.5. The van der Waals surface area contributed by atoms with E-state index in [0.29, 0.717) is 25.8 Å². The number of nitrogens with one attached hydrogen (secondary N) is 1. The lowest BCUT2D eigenvalue weighted by Crippen LogP contribution is -2.44. The second-order valence-corrected chi connectivity index (χ2v) is 10.2. The minimum Gasteiger partial charge on any atom is -0.325 e. The van der Waals surface area contributed by atoms with Crippen molar-refractivity contribution < 1.29 is 13.2 Å². The lowest BCUT2D eigenvalue weighted by atomic mass is 9.98. The van der Waals surface area contributed by atoms with E-state index in [1.807, 2.05) is 72.8 Å². The molecule has 0 aliphatic carbocycles. The number of aryl methyl sites for hydroxylation is 1. The van der Waals surface area contributed by atoms with Gasteiger partial charge in [-0.1, -0.05) is 66.7 Å². The topological polar surface area (TPSA) is 66.5 Å². The molecule has 0 aromatic heterocycles. The first kappa shape index (κ1) is 21.5. The molecule has 0 radical (unpaired) electrons. The summed E-state index contributed by atoms with van der Waals surface area (Å²) in [6.07, 6.45) is 2.72. The Morgan fingerprint density at radius 3 is 2.55 bits per heavy atom. The molecule has 162 valence electrons. The number of carbonyl (C=O) groups is 1. The number of piperidine rings is 1. The Bertz CT molecular complexity index is 1140. The van der Waals surface area contributed by atoms with Crippen LogP contribution < -0.4 is 5.32 Å². The summed E-state index contributed by atoms with van der Waals surface area (Å²) in [4.78, 5) is 13.0. The second-order valence-electron chi connectivity index (χ2n) is 8.12. The zero-order chi connectivity index (χ0) is 21.7. The van der Waals surface area contributed by atoms with Crippen molar-refractivity contribution in [1.29, 1.82) is 0 Å². The maximum Gasteiger partial charge on any atom is 0.228 e. The highest BCUT2D eigenvalue weighted by Crippen LogP contribution is 2.26. The van der Waals surface area contributed by atoms with Crippen LogP contribution in [-0.2, 0) is 21.2 Å². The highest BCUT2D eigenvalue weighted by atomic mass is 32.2. The number of rotatable bonds is 7. The summed E-state index contributed by atoms with van der Waals surface area (Å²) < 4.78 is 27.3. The van der Waals surface area contributed by atoms with Crippen LogP contribution in [0.3, 0.4) is 0 Å². The first-order valence-electron chi connectivity index (χ1n) is 10.8. The van der Waals surface area contributed by atoms with E-state index in [4.69, 9.17) is 0 Å². The third-order valence-corrected chi connectivity index (χ3v) is 7.83. The summed E-state index contributed by atoms with van der Waals surface area (Å²) in [5.41, 5.74) is 1.91. The van der Waals surface area contributed by atoms with Crippen molar-refractivity contribution in [2.24, 2.45) is 5.92 Å². The summed E-state index contributed by atoms with van der Waals surface area (Å²) in [7, 11) is -3.37. The Labute approximate surface area is 184 Å². The molecule has 5 nitrogen and oxygen atoms in total. The molecule has 1 amide bonds. The van der Waals surface area contributed by atoms with E-state index in [0.717, 1.165) is 28.4 Å². The van der Waals surface area contributed by atoms with Crippen LogP contribution in [0, 0.1) is 5.92 Å². The average Bonchev–Trinajstić information content (AvgIpc) is 2.80. The lowest BCUT2D eigenvalue weighted by Gasteiger charge is -2.31. The zero-order valence-electron chi connectivity index (χ0n) is 17.5. The van der Waals surface area contributed by atoms with Gasteiger partial charge in [-0.05, 0) is 42.7 Å². The number of hydrogen-bond acceptors (Lipinski definition) is 3. The molecule has 3 aromatic carbocycles. The molecule has 31 heavy (non-hydrogen) atoms. The molecular formula is C25H28N2O3S. The van der Waals surface area contributed by atoms with E-state index in [2.05, 4.69) is 5.32 Å². The number of fused-ring (bicyclic) bond motifs is 1. The first-order valence-corrected chi connectivity index (χ1v) is 12.4. The molecular weight excluding hydrogens is 408 g/mol. The van der Waals surface area contributed by atoms with Gasteiger partial charge in [0, 0.05) is 24.2 Å². The van der Waals surface area contributed by atoms with E-state index in [9.17, 15) is 13.2 Å². The summed E-state index contributed by atoms with van der Waals surface area (Å²) in [6.45, 7) is 0.746. The number of sulfonamides is 1. The predicted octanol–water partition coefficient (Wildman–Crippen LogP) is 4.45. The van der Waals surface area contributed by atoms with Gasteiger partial charge in [-0.25, -0.2) is 12.7 Å². The van der Waals surface area contributed by atoms with Gasteiger partial charge in [-0.15, -0.1) is 0 Å². The third kappa shape index (κ3) is 5.32. The maximum absolute atomic E-state index is 13.0. The molecule has 3 aromatic rings. The van der Waals surface area contributed by atoms with Crippen LogP contribution in [0.15, 0.2) is 72.8 Å². The average molecular weight is 437 g/mol. The molecule has 0 saturated carbocycles. The Morgan fingerprint density at radius 2 is 1.71 bits per heavy atom. The molecule has 4 rings (SSSR count). The van der Waals surface area contributed by atoms with E-state index in [1.165, 1.54) is 4.31 Å². The molecule has 1 aliphatic rings. The second kappa shape index (κ2) is 9.62. The van der Waals surface area contributed by atoms with Crippen molar-refractivity contribution >= 4 is 32.4 Å². The van der Waals surface area contributed by atoms with E-state index in [-0.39, 0.29) is 24.1 Å². The Balaban J connectivity index is 1.37. The van der Waals surface area contributed by atoms with Gasteiger partial charge in [0.05, 0.1) is 11.7 Å². The minimum atomic E-state index is -3.37.